The van der Waals surface area contributed by atoms with Crippen molar-refractivity contribution in [3.05, 3.63) is 66.1 Å². The number of benzene rings is 2. The fraction of sp³-hybridized carbons (Fsp3) is 0.304. The number of aryl methyl sites for hydroxylation is 2. The fourth-order valence-corrected chi connectivity index (χ4v) is 5.81. The third-order valence-electron chi connectivity index (χ3n) is 6.02. The number of sulfonamides is 1. The van der Waals surface area contributed by atoms with Crippen LogP contribution in [0.5, 0.6) is 0 Å². The first-order chi connectivity index (χ1) is 14.9. The van der Waals surface area contributed by atoms with Crippen LogP contribution in [0, 0.1) is 6.92 Å². The number of hydrogen-bond donors (Lipinski definition) is 0. The highest BCUT2D eigenvalue weighted by Gasteiger charge is 2.30. The van der Waals surface area contributed by atoms with Crippen molar-refractivity contribution in [3.8, 4) is 0 Å². The molecule has 7 nitrogen and oxygen atoms in total. The second-order valence-corrected chi connectivity index (χ2v) is 9.94. The van der Waals surface area contributed by atoms with Crippen LogP contribution in [0.4, 0.5) is 0 Å². The molecule has 0 saturated carbocycles. The third-order valence-corrected chi connectivity index (χ3v) is 7.95. The molecule has 4 aromatic rings. The summed E-state index contributed by atoms with van der Waals surface area (Å²) in [6.07, 6.45) is 0. The van der Waals surface area contributed by atoms with Crippen LogP contribution in [0.1, 0.15) is 11.5 Å². The number of piperazine rings is 1. The van der Waals surface area contributed by atoms with E-state index in [1.165, 1.54) is 0 Å². The first-order valence-corrected chi connectivity index (χ1v) is 11.9. The Morgan fingerprint density at radius 1 is 0.903 bits per heavy atom. The molecule has 3 heterocycles. The Bertz CT molecular complexity index is 1370. The molecule has 31 heavy (non-hydrogen) atoms. The quantitative estimate of drug-likeness (QED) is 0.493. The van der Waals surface area contributed by atoms with Gasteiger partial charge in [0, 0.05) is 44.3 Å². The largest absolute Gasteiger partial charge is 0.330 e. The van der Waals surface area contributed by atoms with E-state index < -0.39 is 10.0 Å². The Labute approximate surface area is 182 Å². The molecule has 0 bridgehead atoms. The molecule has 2 aromatic carbocycles. The number of hydrogen-bond acceptors (Lipinski definition) is 5. The lowest BCUT2D eigenvalue weighted by molar-refractivity contribution is 0.177. The van der Waals surface area contributed by atoms with Gasteiger partial charge in [0.15, 0.2) is 0 Å². The van der Waals surface area contributed by atoms with E-state index in [4.69, 9.17) is 4.98 Å². The summed E-state index contributed by atoms with van der Waals surface area (Å²) < 4.78 is 30.5. The first-order valence-electron chi connectivity index (χ1n) is 10.4. The van der Waals surface area contributed by atoms with E-state index in [1.54, 1.807) is 16.4 Å². The van der Waals surface area contributed by atoms with E-state index in [9.17, 15) is 8.42 Å². The number of para-hydroxylation sites is 3. The molecule has 1 aliphatic rings. The number of nitrogens with zero attached hydrogens (tertiary/aromatic N) is 5. The van der Waals surface area contributed by atoms with Gasteiger partial charge in [0.25, 0.3) is 0 Å². The van der Waals surface area contributed by atoms with E-state index in [0.29, 0.717) is 38.2 Å². The molecule has 0 spiro atoms. The first kappa shape index (κ1) is 20.1. The number of imidazole rings is 1. The van der Waals surface area contributed by atoms with Crippen LogP contribution in [0.25, 0.3) is 21.9 Å². The summed E-state index contributed by atoms with van der Waals surface area (Å²) in [7, 11) is -1.58. The van der Waals surface area contributed by atoms with Crippen LogP contribution in [-0.4, -0.2) is 58.3 Å². The SMILES string of the molecule is Cc1ccc2cccc(S(=O)(=O)N3CCN(Cc4nc5ccccc5n4C)CC3)c2n1. The van der Waals surface area contributed by atoms with Crippen molar-refractivity contribution in [2.75, 3.05) is 26.2 Å². The Morgan fingerprint density at radius 2 is 1.68 bits per heavy atom. The Balaban J connectivity index is 1.34. The van der Waals surface area contributed by atoms with E-state index in [2.05, 4.69) is 20.5 Å². The maximum atomic E-state index is 13.4. The molecular formula is C23H25N5O2S. The van der Waals surface area contributed by atoms with Crippen molar-refractivity contribution in [1.29, 1.82) is 0 Å². The number of rotatable bonds is 4. The average molecular weight is 436 g/mol. The summed E-state index contributed by atoms with van der Waals surface area (Å²) in [5.41, 5.74) is 3.45. The monoisotopic (exact) mass is 435 g/mol. The van der Waals surface area contributed by atoms with Crippen LogP contribution in [-0.2, 0) is 23.6 Å². The van der Waals surface area contributed by atoms with Gasteiger partial charge in [-0.3, -0.25) is 9.88 Å². The molecule has 0 unspecified atom stereocenters. The molecule has 0 atom stereocenters. The number of pyridine rings is 1. The lowest BCUT2D eigenvalue weighted by Crippen LogP contribution is -2.48. The van der Waals surface area contributed by atoms with Crippen molar-refractivity contribution in [2.24, 2.45) is 7.05 Å². The third kappa shape index (κ3) is 3.60. The molecule has 0 amide bonds. The zero-order valence-electron chi connectivity index (χ0n) is 17.7. The van der Waals surface area contributed by atoms with Gasteiger partial charge in [-0.1, -0.05) is 30.3 Å². The summed E-state index contributed by atoms with van der Waals surface area (Å²) in [4.78, 5) is 11.8. The van der Waals surface area contributed by atoms with Crippen LogP contribution >= 0.6 is 0 Å². The highest BCUT2D eigenvalue weighted by atomic mass is 32.2. The van der Waals surface area contributed by atoms with Gasteiger partial charge in [-0.15, -0.1) is 0 Å². The normalized spacial score (nSPS) is 16.3. The van der Waals surface area contributed by atoms with Gasteiger partial charge >= 0.3 is 0 Å². The molecule has 2 aromatic heterocycles. The molecule has 160 valence electrons. The molecule has 0 radical (unpaired) electrons. The van der Waals surface area contributed by atoms with Gasteiger partial charge in [-0.05, 0) is 31.2 Å². The second-order valence-electron chi connectivity index (χ2n) is 8.04. The van der Waals surface area contributed by atoms with Crippen molar-refractivity contribution >= 4 is 32.0 Å². The molecule has 0 N–H and O–H groups in total. The summed E-state index contributed by atoms with van der Waals surface area (Å²) in [6, 6.07) is 17.3. The van der Waals surface area contributed by atoms with Gasteiger partial charge in [-0.25, -0.2) is 13.4 Å². The molecule has 8 heteroatoms. The maximum Gasteiger partial charge on any atom is 0.245 e. The summed E-state index contributed by atoms with van der Waals surface area (Å²) in [5.74, 6) is 0.992. The standard InChI is InChI=1S/C23H25N5O2S/c1-17-10-11-18-6-5-9-21(23(18)24-17)31(29,30)28-14-12-27(13-15-28)16-22-25-19-7-3-4-8-20(19)26(22)2/h3-11H,12-16H2,1-2H3. The van der Waals surface area contributed by atoms with Gasteiger partial charge in [-0.2, -0.15) is 4.31 Å². The summed E-state index contributed by atoms with van der Waals surface area (Å²) in [6.45, 7) is 4.82. The van der Waals surface area contributed by atoms with Gasteiger partial charge in [0.05, 0.1) is 23.1 Å². The van der Waals surface area contributed by atoms with E-state index >= 15 is 0 Å². The Morgan fingerprint density at radius 3 is 2.45 bits per heavy atom. The minimum Gasteiger partial charge on any atom is -0.330 e. The molecular weight excluding hydrogens is 410 g/mol. The lowest BCUT2D eigenvalue weighted by Gasteiger charge is -2.33. The number of aromatic nitrogens is 3. The molecule has 1 aliphatic heterocycles. The van der Waals surface area contributed by atoms with Crippen LogP contribution in [0.3, 0.4) is 0 Å². The van der Waals surface area contributed by atoms with Crippen LogP contribution in [0.15, 0.2) is 59.5 Å². The highest BCUT2D eigenvalue weighted by Crippen LogP contribution is 2.26. The second kappa shape index (κ2) is 7.71. The van der Waals surface area contributed by atoms with E-state index in [1.807, 2.05) is 50.4 Å². The van der Waals surface area contributed by atoms with E-state index in [0.717, 1.165) is 27.9 Å². The molecule has 1 saturated heterocycles. The van der Waals surface area contributed by atoms with Crippen molar-refractivity contribution in [3.63, 3.8) is 0 Å². The summed E-state index contributed by atoms with van der Waals surface area (Å²) >= 11 is 0. The van der Waals surface area contributed by atoms with Gasteiger partial charge in [0.1, 0.15) is 10.7 Å². The highest BCUT2D eigenvalue weighted by molar-refractivity contribution is 7.89. The van der Waals surface area contributed by atoms with Gasteiger partial charge < -0.3 is 4.57 Å². The topological polar surface area (TPSA) is 71.3 Å². The zero-order valence-corrected chi connectivity index (χ0v) is 18.5. The Kier molecular flexibility index (Phi) is 5.00. The number of fused-ring (bicyclic) bond motifs is 2. The minimum absolute atomic E-state index is 0.289. The minimum atomic E-state index is -3.61. The average Bonchev–Trinajstić information content (AvgIpc) is 3.09. The fourth-order valence-electron chi connectivity index (χ4n) is 4.23. The predicted molar refractivity (Wildman–Crippen MR) is 121 cm³/mol. The smallest absolute Gasteiger partial charge is 0.245 e. The van der Waals surface area contributed by atoms with Crippen molar-refractivity contribution in [1.82, 2.24) is 23.7 Å². The predicted octanol–water partition coefficient (Wildman–Crippen LogP) is 2.94. The molecule has 5 rings (SSSR count). The Hall–Kier alpha value is -2.81. The van der Waals surface area contributed by atoms with Crippen molar-refractivity contribution < 1.29 is 8.42 Å². The summed E-state index contributed by atoms with van der Waals surface area (Å²) in [5, 5.41) is 0.840. The molecule has 0 aliphatic carbocycles. The van der Waals surface area contributed by atoms with Crippen LogP contribution in [0.2, 0.25) is 0 Å². The zero-order chi connectivity index (χ0) is 21.6. The van der Waals surface area contributed by atoms with Gasteiger partial charge in [0.2, 0.25) is 10.0 Å². The maximum absolute atomic E-state index is 13.4. The van der Waals surface area contributed by atoms with Crippen molar-refractivity contribution in [2.45, 2.75) is 18.4 Å². The van der Waals surface area contributed by atoms with Crippen LogP contribution < -0.4 is 0 Å². The molecule has 1 fully saturated rings. The van der Waals surface area contributed by atoms with E-state index in [-0.39, 0.29) is 4.90 Å². The lowest BCUT2D eigenvalue weighted by atomic mass is 10.2.